The average Bonchev–Trinajstić information content (AvgIpc) is 2.36. The number of nitrogens with two attached hydrogens (primary N) is 1. The first-order valence-corrected chi connectivity index (χ1v) is 7.29. The maximum Gasteiger partial charge on any atom is 0.0250 e. The van der Waals surface area contributed by atoms with Gasteiger partial charge in [-0.2, -0.15) is 0 Å². The fourth-order valence-corrected chi connectivity index (χ4v) is 2.96. The number of fused-ring (bicyclic) bond motifs is 1. The van der Waals surface area contributed by atoms with E-state index in [-0.39, 0.29) is 5.54 Å². The van der Waals surface area contributed by atoms with Crippen LogP contribution in [0.15, 0.2) is 23.1 Å². The summed E-state index contributed by atoms with van der Waals surface area (Å²) in [5, 5.41) is 3.50. The second-order valence-corrected chi connectivity index (χ2v) is 6.47. The summed E-state index contributed by atoms with van der Waals surface area (Å²) in [5.41, 5.74) is 8.62. The van der Waals surface area contributed by atoms with E-state index in [1.165, 1.54) is 34.6 Å². The molecule has 3 heteroatoms. The first-order chi connectivity index (χ1) is 8.11. The van der Waals surface area contributed by atoms with Crippen LogP contribution in [0.5, 0.6) is 0 Å². The van der Waals surface area contributed by atoms with Crippen LogP contribution in [0.4, 0.5) is 0 Å². The van der Waals surface area contributed by atoms with Gasteiger partial charge in [-0.25, -0.2) is 0 Å². The molecule has 3 N–H and O–H groups in total. The lowest BCUT2D eigenvalue weighted by atomic mass is 10.0. The largest absolute Gasteiger partial charge is 0.329 e. The number of aryl methyl sites for hydroxylation is 1. The number of benzene rings is 1. The van der Waals surface area contributed by atoms with Crippen LogP contribution in [0.3, 0.4) is 0 Å². The fourth-order valence-electron chi connectivity index (χ4n) is 1.94. The summed E-state index contributed by atoms with van der Waals surface area (Å²) in [6, 6.07) is 6.85. The Morgan fingerprint density at radius 1 is 1.41 bits per heavy atom. The normalized spacial score (nSPS) is 15.7. The van der Waals surface area contributed by atoms with E-state index in [2.05, 4.69) is 37.4 Å². The zero-order valence-corrected chi connectivity index (χ0v) is 11.6. The van der Waals surface area contributed by atoms with Crippen molar-refractivity contribution < 1.29 is 0 Å². The predicted molar refractivity (Wildman–Crippen MR) is 75.5 cm³/mol. The Bertz CT molecular complexity index is 388. The highest BCUT2D eigenvalue weighted by Crippen LogP contribution is 2.30. The van der Waals surface area contributed by atoms with Crippen LogP contribution in [0.1, 0.15) is 31.4 Å². The smallest absolute Gasteiger partial charge is 0.0250 e. The Morgan fingerprint density at radius 2 is 2.24 bits per heavy atom. The van der Waals surface area contributed by atoms with Gasteiger partial charge in [0.2, 0.25) is 0 Å². The highest BCUT2D eigenvalue weighted by atomic mass is 32.2. The van der Waals surface area contributed by atoms with E-state index in [4.69, 9.17) is 5.73 Å². The van der Waals surface area contributed by atoms with Gasteiger partial charge in [0.05, 0.1) is 0 Å². The van der Waals surface area contributed by atoms with Gasteiger partial charge in [0, 0.05) is 23.5 Å². The van der Waals surface area contributed by atoms with E-state index in [0.717, 1.165) is 6.54 Å². The monoisotopic (exact) mass is 250 g/mol. The van der Waals surface area contributed by atoms with Crippen LogP contribution < -0.4 is 11.1 Å². The molecule has 0 spiro atoms. The van der Waals surface area contributed by atoms with E-state index in [1.54, 1.807) is 0 Å². The second kappa shape index (κ2) is 5.42. The van der Waals surface area contributed by atoms with E-state index in [0.29, 0.717) is 6.54 Å². The molecule has 1 aromatic rings. The molecule has 0 amide bonds. The lowest BCUT2D eigenvalue weighted by Crippen LogP contribution is -2.45. The van der Waals surface area contributed by atoms with Crippen molar-refractivity contribution in [1.29, 1.82) is 0 Å². The Hall–Kier alpha value is -0.510. The summed E-state index contributed by atoms with van der Waals surface area (Å²) >= 11 is 1.99. The lowest BCUT2D eigenvalue weighted by Gasteiger charge is -2.25. The van der Waals surface area contributed by atoms with E-state index < -0.39 is 0 Å². The molecule has 0 saturated carbocycles. The van der Waals surface area contributed by atoms with Gasteiger partial charge in [-0.15, -0.1) is 11.8 Å². The Labute approximate surface area is 108 Å². The van der Waals surface area contributed by atoms with Crippen molar-refractivity contribution in [3.8, 4) is 0 Å². The van der Waals surface area contributed by atoms with Crippen molar-refractivity contribution in [1.82, 2.24) is 5.32 Å². The highest BCUT2D eigenvalue weighted by molar-refractivity contribution is 7.99. The summed E-state index contributed by atoms with van der Waals surface area (Å²) in [4.78, 5) is 1.47. The van der Waals surface area contributed by atoms with Crippen LogP contribution in [0.2, 0.25) is 0 Å². The van der Waals surface area contributed by atoms with Gasteiger partial charge in [0.25, 0.3) is 0 Å². The van der Waals surface area contributed by atoms with E-state index in [1.807, 2.05) is 11.8 Å². The van der Waals surface area contributed by atoms with Crippen molar-refractivity contribution >= 4 is 11.8 Å². The molecule has 17 heavy (non-hydrogen) atoms. The van der Waals surface area contributed by atoms with Crippen molar-refractivity contribution in [2.24, 2.45) is 5.73 Å². The molecule has 1 aliphatic heterocycles. The van der Waals surface area contributed by atoms with Crippen LogP contribution in [0.25, 0.3) is 0 Å². The molecule has 0 atom stereocenters. The van der Waals surface area contributed by atoms with Gasteiger partial charge in [-0.05, 0) is 49.6 Å². The molecule has 2 nitrogen and oxygen atoms in total. The highest BCUT2D eigenvalue weighted by Gasteiger charge is 2.15. The topological polar surface area (TPSA) is 38.0 Å². The Morgan fingerprint density at radius 3 is 3.00 bits per heavy atom. The molecule has 2 rings (SSSR count). The standard InChI is InChI=1S/C14H22N2S/c1-14(2,10-15)16-9-11-5-6-13-12(8-11)4-3-7-17-13/h5-6,8,16H,3-4,7,9-10,15H2,1-2H3. The fraction of sp³-hybridized carbons (Fsp3) is 0.571. The van der Waals surface area contributed by atoms with Crippen LogP contribution in [-0.4, -0.2) is 17.8 Å². The minimum atomic E-state index is 0.0185. The summed E-state index contributed by atoms with van der Waals surface area (Å²) in [6.07, 6.45) is 2.54. The minimum absolute atomic E-state index is 0.0185. The van der Waals surface area contributed by atoms with E-state index >= 15 is 0 Å². The van der Waals surface area contributed by atoms with Gasteiger partial charge in [0.15, 0.2) is 0 Å². The molecule has 94 valence electrons. The molecular formula is C14H22N2S. The predicted octanol–water partition coefficient (Wildman–Crippen LogP) is 2.55. The molecule has 0 saturated heterocycles. The molecular weight excluding hydrogens is 228 g/mol. The van der Waals surface area contributed by atoms with Gasteiger partial charge < -0.3 is 11.1 Å². The SMILES string of the molecule is CC(C)(CN)NCc1ccc2c(c1)CCCS2. The number of nitrogens with one attached hydrogen (secondary N) is 1. The van der Waals surface area contributed by atoms with Gasteiger partial charge >= 0.3 is 0 Å². The zero-order valence-electron chi connectivity index (χ0n) is 10.8. The summed E-state index contributed by atoms with van der Waals surface area (Å²) in [5.74, 6) is 1.27. The molecule has 1 aliphatic rings. The van der Waals surface area contributed by atoms with Crippen LogP contribution >= 0.6 is 11.8 Å². The maximum atomic E-state index is 5.72. The molecule has 1 heterocycles. The first kappa shape index (κ1) is 12.9. The summed E-state index contributed by atoms with van der Waals surface area (Å²) < 4.78 is 0. The van der Waals surface area contributed by atoms with Crippen molar-refractivity contribution in [3.05, 3.63) is 29.3 Å². The van der Waals surface area contributed by atoms with Gasteiger partial charge in [-0.1, -0.05) is 12.1 Å². The third-order valence-electron chi connectivity index (χ3n) is 3.25. The molecule has 0 fully saturated rings. The van der Waals surface area contributed by atoms with Crippen molar-refractivity contribution in [3.63, 3.8) is 0 Å². The number of hydrogen-bond acceptors (Lipinski definition) is 3. The van der Waals surface area contributed by atoms with Crippen molar-refractivity contribution in [2.75, 3.05) is 12.3 Å². The third kappa shape index (κ3) is 3.47. The molecule has 1 aromatic carbocycles. The maximum absolute atomic E-state index is 5.72. The Kier molecular flexibility index (Phi) is 4.13. The Balaban J connectivity index is 2.02. The number of rotatable bonds is 4. The number of hydrogen-bond donors (Lipinski definition) is 2. The molecule has 0 unspecified atom stereocenters. The van der Waals surface area contributed by atoms with Crippen LogP contribution in [-0.2, 0) is 13.0 Å². The average molecular weight is 250 g/mol. The molecule has 0 aliphatic carbocycles. The zero-order chi connectivity index (χ0) is 12.3. The van der Waals surface area contributed by atoms with Crippen LogP contribution in [0, 0.1) is 0 Å². The lowest BCUT2D eigenvalue weighted by molar-refractivity contribution is 0.396. The quantitative estimate of drug-likeness (QED) is 0.862. The van der Waals surface area contributed by atoms with Gasteiger partial charge in [-0.3, -0.25) is 0 Å². The summed E-state index contributed by atoms with van der Waals surface area (Å²) in [6.45, 7) is 5.85. The molecule has 0 radical (unpaired) electrons. The summed E-state index contributed by atoms with van der Waals surface area (Å²) in [7, 11) is 0. The molecule has 0 aromatic heterocycles. The third-order valence-corrected chi connectivity index (χ3v) is 4.46. The molecule has 0 bridgehead atoms. The first-order valence-electron chi connectivity index (χ1n) is 6.30. The number of thioether (sulfide) groups is 1. The second-order valence-electron chi connectivity index (χ2n) is 5.34. The van der Waals surface area contributed by atoms with Crippen molar-refractivity contribution in [2.45, 2.75) is 43.7 Å². The van der Waals surface area contributed by atoms with E-state index in [9.17, 15) is 0 Å². The minimum Gasteiger partial charge on any atom is -0.329 e. The van der Waals surface area contributed by atoms with Gasteiger partial charge in [0.1, 0.15) is 0 Å².